The molecule has 1 fully saturated rings. The number of carbonyl (C=O) groups excluding carboxylic acids is 1. The van der Waals surface area contributed by atoms with Crippen LogP contribution in [0.1, 0.15) is 36.0 Å². The molecule has 0 aromatic carbocycles. The van der Waals surface area contributed by atoms with Crippen molar-refractivity contribution in [1.82, 2.24) is 4.90 Å². The predicted octanol–water partition coefficient (Wildman–Crippen LogP) is 2.14. The number of aliphatic hydroxyl groups is 1. The Labute approximate surface area is 118 Å². The highest BCUT2D eigenvalue weighted by Crippen LogP contribution is 2.25. The van der Waals surface area contributed by atoms with E-state index in [4.69, 9.17) is 4.74 Å². The van der Waals surface area contributed by atoms with Crippen molar-refractivity contribution in [1.29, 1.82) is 0 Å². The monoisotopic (exact) mass is 283 g/mol. The van der Waals surface area contributed by atoms with Gasteiger partial charge in [-0.3, -0.25) is 4.79 Å². The summed E-state index contributed by atoms with van der Waals surface area (Å²) in [7, 11) is 3.39. The van der Waals surface area contributed by atoms with Crippen LogP contribution in [0.25, 0.3) is 0 Å². The topological polar surface area (TPSA) is 49.8 Å². The van der Waals surface area contributed by atoms with Crippen LogP contribution in [0.2, 0.25) is 0 Å². The van der Waals surface area contributed by atoms with Crippen LogP contribution < -0.4 is 0 Å². The molecule has 1 N–H and O–H groups in total. The van der Waals surface area contributed by atoms with Crippen molar-refractivity contribution in [2.24, 2.45) is 0 Å². The normalized spacial score (nSPS) is 27.8. The fourth-order valence-electron chi connectivity index (χ4n) is 2.71. The van der Waals surface area contributed by atoms with Gasteiger partial charge in [0.25, 0.3) is 5.91 Å². The van der Waals surface area contributed by atoms with Gasteiger partial charge in [-0.2, -0.15) is 11.3 Å². The van der Waals surface area contributed by atoms with E-state index in [9.17, 15) is 9.90 Å². The first-order chi connectivity index (χ1) is 9.15. The number of amides is 1. The van der Waals surface area contributed by atoms with Crippen molar-refractivity contribution >= 4 is 17.2 Å². The third-order valence-corrected chi connectivity index (χ3v) is 4.59. The summed E-state index contributed by atoms with van der Waals surface area (Å²) in [5.41, 5.74) is 0.693. The number of methoxy groups -OCH3 is 1. The molecule has 0 bridgehead atoms. The zero-order valence-electron chi connectivity index (χ0n) is 11.4. The Bertz CT molecular complexity index is 407. The SMILES string of the molecule is CO[C@@H]1CCCC[C@@H](N(C)C(=O)c2ccsc2)[C@H]1O. The molecule has 5 heteroatoms. The minimum absolute atomic E-state index is 0.0259. The van der Waals surface area contributed by atoms with E-state index in [-0.39, 0.29) is 18.1 Å². The number of thiophene rings is 1. The summed E-state index contributed by atoms with van der Waals surface area (Å²) in [6, 6.07) is 1.65. The van der Waals surface area contributed by atoms with E-state index in [2.05, 4.69) is 0 Å². The van der Waals surface area contributed by atoms with E-state index in [1.165, 1.54) is 11.3 Å². The van der Waals surface area contributed by atoms with Gasteiger partial charge in [0.2, 0.25) is 0 Å². The van der Waals surface area contributed by atoms with Crippen LogP contribution in [0.15, 0.2) is 16.8 Å². The number of likely N-dealkylation sites (N-methyl/N-ethyl adjacent to an activating group) is 1. The van der Waals surface area contributed by atoms with Crippen molar-refractivity contribution in [3.05, 3.63) is 22.4 Å². The van der Waals surface area contributed by atoms with Gasteiger partial charge in [0.05, 0.1) is 17.7 Å². The average molecular weight is 283 g/mol. The lowest BCUT2D eigenvalue weighted by Crippen LogP contribution is -2.48. The number of hydrogen-bond acceptors (Lipinski definition) is 4. The van der Waals surface area contributed by atoms with Crippen LogP contribution in [0.4, 0.5) is 0 Å². The highest BCUT2D eigenvalue weighted by Gasteiger charge is 2.34. The Morgan fingerprint density at radius 3 is 2.84 bits per heavy atom. The van der Waals surface area contributed by atoms with E-state index in [1.54, 1.807) is 19.1 Å². The summed E-state index contributed by atoms with van der Waals surface area (Å²) < 4.78 is 5.35. The van der Waals surface area contributed by atoms with E-state index >= 15 is 0 Å². The maximum absolute atomic E-state index is 12.3. The summed E-state index contributed by atoms with van der Waals surface area (Å²) in [6.45, 7) is 0. The molecule has 106 valence electrons. The Hall–Kier alpha value is -0.910. The summed E-state index contributed by atoms with van der Waals surface area (Å²) in [5, 5.41) is 14.1. The molecule has 0 spiro atoms. The summed E-state index contributed by atoms with van der Waals surface area (Å²) in [4.78, 5) is 14.0. The van der Waals surface area contributed by atoms with Gasteiger partial charge in [0.1, 0.15) is 6.10 Å². The molecular weight excluding hydrogens is 262 g/mol. The highest BCUT2D eigenvalue weighted by atomic mass is 32.1. The van der Waals surface area contributed by atoms with Crippen molar-refractivity contribution < 1.29 is 14.6 Å². The maximum Gasteiger partial charge on any atom is 0.254 e. The molecule has 1 aromatic rings. The molecule has 0 saturated heterocycles. The van der Waals surface area contributed by atoms with Gasteiger partial charge >= 0.3 is 0 Å². The summed E-state index contributed by atoms with van der Waals surface area (Å²) >= 11 is 1.51. The molecule has 0 radical (unpaired) electrons. The van der Waals surface area contributed by atoms with Crippen molar-refractivity contribution in [3.8, 4) is 0 Å². The number of ether oxygens (including phenoxy) is 1. The molecule has 1 aliphatic rings. The van der Waals surface area contributed by atoms with Crippen molar-refractivity contribution in [2.45, 2.75) is 43.9 Å². The molecule has 1 aliphatic carbocycles. The first-order valence-electron chi connectivity index (χ1n) is 6.65. The van der Waals surface area contributed by atoms with Gasteiger partial charge < -0.3 is 14.7 Å². The molecule has 19 heavy (non-hydrogen) atoms. The van der Waals surface area contributed by atoms with Crippen LogP contribution in [-0.2, 0) is 4.74 Å². The lowest BCUT2D eigenvalue weighted by molar-refractivity contribution is -0.0462. The smallest absolute Gasteiger partial charge is 0.254 e. The van der Waals surface area contributed by atoms with Crippen LogP contribution in [0, 0.1) is 0 Å². The second-order valence-corrected chi connectivity index (χ2v) is 5.82. The maximum atomic E-state index is 12.3. The van der Waals surface area contributed by atoms with Gasteiger partial charge in [0.15, 0.2) is 0 Å². The largest absolute Gasteiger partial charge is 0.388 e. The lowest BCUT2D eigenvalue weighted by Gasteiger charge is -2.33. The van der Waals surface area contributed by atoms with Crippen molar-refractivity contribution in [2.75, 3.05) is 14.2 Å². The molecule has 1 heterocycles. The Balaban J connectivity index is 2.12. The zero-order chi connectivity index (χ0) is 13.8. The Morgan fingerprint density at radius 1 is 1.47 bits per heavy atom. The predicted molar refractivity (Wildman–Crippen MR) is 75.5 cm³/mol. The molecule has 1 amide bonds. The van der Waals surface area contributed by atoms with Crippen LogP contribution in [0.5, 0.6) is 0 Å². The third-order valence-electron chi connectivity index (χ3n) is 3.90. The van der Waals surface area contributed by atoms with Gasteiger partial charge in [0, 0.05) is 19.5 Å². The molecule has 1 saturated carbocycles. The van der Waals surface area contributed by atoms with E-state index in [1.807, 2.05) is 16.8 Å². The number of rotatable bonds is 3. The fourth-order valence-corrected chi connectivity index (χ4v) is 3.34. The van der Waals surface area contributed by atoms with Crippen LogP contribution in [0.3, 0.4) is 0 Å². The van der Waals surface area contributed by atoms with E-state index < -0.39 is 6.10 Å². The lowest BCUT2D eigenvalue weighted by atomic mass is 10.0. The first kappa shape index (κ1) is 14.5. The quantitative estimate of drug-likeness (QED) is 0.865. The summed E-state index contributed by atoms with van der Waals surface area (Å²) in [5.74, 6) is -0.0259. The molecule has 1 aromatic heterocycles. The molecule has 3 atom stereocenters. The number of nitrogens with zero attached hydrogens (tertiary/aromatic N) is 1. The molecule has 0 aliphatic heterocycles. The van der Waals surface area contributed by atoms with Gasteiger partial charge in [-0.15, -0.1) is 0 Å². The number of hydrogen-bond donors (Lipinski definition) is 1. The second kappa shape index (κ2) is 6.50. The second-order valence-electron chi connectivity index (χ2n) is 5.04. The average Bonchev–Trinajstić information content (AvgIpc) is 2.88. The van der Waals surface area contributed by atoms with E-state index in [0.29, 0.717) is 5.56 Å². The summed E-state index contributed by atoms with van der Waals surface area (Å²) in [6.07, 6.45) is 2.95. The van der Waals surface area contributed by atoms with Crippen molar-refractivity contribution in [3.63, 3.8) is 0 Å². The molecule has 2 rings (SSSR count). The Morgan fingerprint density at radius 2 is 2.21 bits per heavy atom. The number of aliphatic hydroxyl groups excluding tert-OH is 1. The minimum atomic E-state index is -0.611. The fraction of sp³-hybridized carbons (Fsp3) is 0.643. The van der Waals surface area contributed by atoms with Crippen LogP contribution >= 0.6 is 11.3 Å². The van der Waals surface area contributed by atoms with Crippen LogP contribution in [-0.4, -0.2) is 48.3 Å². The Kier molecular flexibility index (Phi) is 4.96. The minimum Gasteiger partial charge on any atom is -0.388 e. The molecule has 4 nitrogen and oxygen atoms in total. The van der Waals surface area contributed by atoms with Gasteiger partial charge in [-0.05, 0) is 24.3 Å². The molecule has 0 unspecified atom stereocenters. The number of carbonyl (C=O) groups is 1. The van der Waals surface area contributed by atoms with Gasteiger partial charge in [-0.25, -0.2) is 0 Å². The third kappa shape index (κ3) is 3.16. The zero-order valence-corrected chi connectivity index (χ0v) is 12.2. The van der Waals surface area contributed by atoms with Gasteiger partial charge in [-0.1, -0.05) is 12.8 Å². The van der Waals surface area contributed by atoms with E-state index in [0.717, 1.165) is 25.7 Å². The highest BCUT2D eigenvalue weighted by molar-refractivity contribution is 7.08. The first-order valence-corrected chi connectivity index (χ1v) is 7.59. The molecular formula is C14H21NO3S. The standard InChI is InChI=1S/C14H21NO3S/c1-15(14(17)10-7-8-19-9-10)11-5-3-4-6-12(18-2)13(11)16/h7-9,11-13,16H,3-6H2,1-2H3/t11-,12-,13-/m1/s1.